The van der Waals surface area contributed by atoms with Crippen LogP contribution in [-0.2, 0) is 11.3 Å². The zero-order valence-corrected chi connectivity index (χ0v) is 15.0. The van der Waals surface area contributed by atoms with E-state index in [2.05, 4.69) is 10.1 Å². The first-order valence-corrected chi connectivity index (χ1v) is 8.50. The van der Waals surface area contributed by atoms with Gasteiger partial charge in [0, 0.05) is 5.56 Å². The lowest BCUT2D eigenvalue weighted by atomic mass is 10.1. The molecule has 7 heteroatoms. The fraction of sp³-hybridized carbons (Fsp3) is 0.0952. The first kappa shape index (κ1) is 17.5. The number of ether oxygens (including phenoxy) is 2. The van der Waals surface area contributed by atoms with E-state index in [-0.39, 0.29) is 23.8 Å². The third kappa shape index (κ3) is 3.50. The number of benzene rings is 3. The van der Waals surface area contributed by atoms with Gasteiger partial charge in [0.25, 0.3) is 5.89 Å². The molecule has 0 fully saturated rings. The van der Waals surface area contributed by atoms with Gasteiger partial charge < -0.3 is 19.1 Å². The first-order chi connectivity index (χ1) is 13.6. The fourth-order valence-electron chi connectivity index (χ4n) is 2.79. The van der Waals surface area contributed by atoms with Crippen LogP contribution in [0.2, 0.25) is 0 Å². The van der Waals surface area contributed by atoms with Crippen molar-refractivity contribution in [2.45, 2.75) is 6.61 Å². The summed E-state index contributed by atoms with van der Waals surface area (Å²) in [6.07, 6.45) is 0. The van der Waals surface area contributed by atoms with Crippen LogP contribution in [0.25, 0.3) is 22.2 Å². The number of hydrogen-bond donors (Lipinski definition) is 1. The van der Waals surface area contributed by atoms with Gasteiger partial charge in [-0.15, -0.1) is 0 Å². The highest BCUT2D eigenvalue weighted by Gasteiger charge is 2.16. The van der Waals surface area contributed by atoms with Crippen LogP contribution in [0.5, 0.6) is 11.5 Å². The third-order valence-corrected chi connectivity index (χ3v) is 4.21. The van der Waals surface area contributed by atoms with E-state index in [0.717, 1.165) is 10.8 Å². The molecule has 0 aliphatic carbocycles. The van der Waals surface area contributed by atoms with Crippen molar-refractivity contribution < 1.29 is 23.9 Å². The monoisotopic (exact) mass is 376 g/mol. The van der Waals surface area contributed by atoms with E-state index < -0.39 is 5.97 Å². The van der Waals surface area contributed by atoms with Crippen molar-refractivity contribution in [3.63, 3.8) is 0 Å². The second-order valence-electron chi connectivity index (χ2n) is 6.04. The van der Waals surface area contributed by atoms with Crippen LogP contribution < -0.4 is 4.74 Å². The number of hydrogen-bond acceptors (Lipinski definition) is 7. The van der Waals surface area contributed by atoms with Gasteiger partial charge in [-0.25, -0.2) is 4.79 Å². The minimum absolute atomic E-state index is 0.0752. The Kier molecular flexibility index (Phi) is 4.63. The van der Waals surface area contributed by atoms with Crippen LogP contribution in [0.3, 0.4) is 0 Å². The Morgan fingerprint density at radius 3 is 2.64 bits per heavy atom. The van der Waals surface area contributed by atoms with Crippen molar-refractivity contribution in [2.24, 2.45) is 0 Å². The molecule has 1 heterocycles. The smallest absolute Gasteiger partial charge is 0.342 e. The predicted octanol–water partition coefficient (Wildman–Crippen LogP) is 3.96. The molecule has 0 aliphatic rings. The van der Waals surface area contributed by atoms with Crippen LogP contribution in [0.15, 0.2) is 65.2 Å². The van der Waals surface area contributed by atoms with Crippen molar-refractivity contribution in [2.75, 3.05) is 7.11 Å². The van der Waals surface area contributed by atoms with Gasteiger partial charge in [0.05, 0.1) is 7.11 Å². The Hall–Kier alpha value is -3.87. The normalized spacial score (nSPS) is 10.8. The van der Waals surface area contributed by atoms with Crippen molar-refractivity contribution >= 4 is 16.7 Å². The number of esters is 1. The molecular formula is C21H16N2O5. The van der Waals surface area contributed by atoms with Crippen molar-refractivity contribution in [3.05, 3.63) is 72.1 Å². The Labute approximate surface area is 160 Å². The Morgan fingerprint density at radius 1 is 1.07 bits per heavy atom. The zero-order chi connectivity index (χ0) is 19.5. The molecule has 28 heavy (non-hydrogen) atoms. The van der Waals surface area contributed by atoms with Gasteiger partial charge in [0.15, 0.2) is 6.61 Å². The fourth-order valence-corrected chi connectivity index (χ4v) is 2.79. The molecule has 7 nitrogen and oxygen atoms in total. The average molecular weight is 376 g/mol. The molecule has 1 aromatic heterocycles. The van der Waals surface area contributed by atoms with E-state index in [1.807, 2.05) is 42.5 Å². The number of phenolic OH excluding ortho intramolecular Hbond substituents is 1. The summed E-state index contributed by atoms with van der Waals surface area (Å²) in [7, 11) is 1.57. The molecule has 0 atom stereocenters. The quantitative estimate of drug-likeness (QED) is 0.527. The van der Waals surface area contributed by atoms with Gasteiger partial charge in [-0.1, -0.05) is 41.6 Å². The van der Waals surface area contributed by atoms with Gasteiger partial charge in [-0.05, 0) is 35.0 Å². The van der Waals surface area contributed by atoms with Crippen LogP contribution in [0.1, 0.15) is 16.2 Å². The van der Waals surface area contributed by atoms with E-state index in [4.69, 9.17) is 14.0 Å². The summed E-state index contributed by atoms with van der Waals surface area (Å²) in [4.78, 5) is 16.6. The molecule has 0 bridgehead atoms. The van der Waals surface area contributed by atoms with Crippen molar-refractivity contribution in [1.29, 1.82) is 0 Å². The molecular weight excluding hydrogens is 360 g/mol. The minimum atomic E-state index is -0.676. The molecule has 0 spiro atoms. The molecule has 4 rings (SSSR count). The van der Waals surface area contributed by atoms with Crippen molar-refractivity contribution in [1.82, 2.24) is 10.1 Å². The molecule has 0 amide bonds. The highest BCUT2D eigenvalue weighted by atomic mass is 16.6. The topological polar surface area (TPSA) is 94.7 Å². The Morgan fingerprint density at radius 2 is 1.86 bits per heavy atom. The van der Waals surface area contributed by atoms with E-state index in [1.165, 1.54) is 6.07 Å². The molecule has 1 N–H and O–H groups in total. The highest BCUT2D eigenvalue weighted by molar-refractivity contribution is 5.98. The zero-order valence-electron chi connectivity index (χ0n) is 15.0. The number of phenols is 1. The maximum atomic E-state index is 12.4. The number of aromatic nitrogens is 2. The number of nitrogens with zero attached hydrogens (tertiary/aromatic N) is 2. The lowest BCUT2D eigenvalue weighted by Crippen LogP contribution is -2.06. The summed E-state index contributed by atoms with van der Waals surface area (Å²) in [6, 6.07) is 17.7. The lowest BCUT2D eigenvalue weighted by molar-refractivity contribution is 0.0427. The SMILES string of the molecule is COc1cccc(-c2noc(COC(=O)c3cc4ccccc4cc3O)n2)c1. The largest absolute Gasteiger partial charge is 0.507 e. The number of fused-ring (bicyclic) bond motifs is 1. The first-order valence-electron chi connectivity index (χ1n) is 8.50. The Balaban J connectivity index is 1.48. The number of carbonyl (C=O) groups is 1. The number of rotatable bonds is 5. The summed E-state index contributed by atoms with van der Waals surface area (Å²) in [6.45, 7) is -0.206. The van der Waals surface area contributed by atoms with Crippen LogP contribution >= 0.6 is 0 Å². The van der Waals surface area contributed by atoms with Crippen LogP contribution in [0.4, 0.5) is 0 Å². The summed E-state index contributed by atoms with van der Waals surface area (Å²) < 4.78 is 15.5. The maximum Gasteiger partial charge on any atom is 0.342 e. The van der Waals surface area contributed by atoms with Crippen molar-refractivity contribution in [3.8, 4) is 22.9 Å². The average Bonchev–Trinajstić information content (AvgIpc) is 3.20. The number of aromatic hydroxyl groups is 1. The van der Waals surface area contributed by atoms with E-state index >= 15 is 0 Å². The highest BCUT2D eigenvalue weighted by Crippen LogP contribution is 2.26. The summed E-state index contributed by atoms with van der Waals surface area (Å²) >= 11 is 0. The molecule has 0 saturated heterocycles. The summed E-state index contributed by atoms with van der Waals surface area (Å²) in [5.74, 6) is 0.350. The molecule has 3 aromatic carbocycles. The molecule has 0 saturated carbocycles. The maximum absolute atomic E-state index is 12.4. The molecule has 0 aliphatic heterocycles. The second-order valence-corrected chi connectivity index (χ2v) is 6.04. The van der Waals surface area contributed by atoms with Gasteiger partial charge in [0.1, 0.15) is 17.1 Å². The number of carbonyl (C=O) groups excluding carboxylic acids is 1. The van der Waals surface area contributed by atoms with Gasteiger partial charge in [-0.2, -0.15) is 4.98 Å². The molecule has 4 aromatic rings. The van der Waals surface area contributed by atoms with Crippen LogP contribution in [0, 0.1) is 0 Å². The van der Waals surface area contributed by atoms with Gasteiger partial charge >= 0.3 is 5.97 Å². The lowest BCUT2D eigenvalue weighted by Gasteiger charge is -2.06. The standard InChI is InChI=1S/C21H16N2O5/c1-26-16-8-4-7-15(9-16)20-22-19(28-23-20)12-27-21(25)17-10-13-5-2-3-6-14(13)11-18(17)24/h2-11,24H,12H2,1H3. The van der Waals surface area contributed by atoms with E-state index in [9.17, 15) is 9.90 Å². The van der Waals surface area contributed by atoms with Gasteiger partial charge in [-0.3, -0.25) is 0 Å². The second kappa shape index (κ2) is 7.40. The minimum Gasteiger partial charge on any atom is -0.507 e. The summed E-state index contributed by atoms with van der Waals surface area (Å²) in [5, 5.41) is 15.7. The summed E-state index contributed by atoms with van der Waals surface area (Å²) in [5.41, 5.74) is 0.791. The molecule has 0 radical (unpaired) electrons. The van der Waals surface area contributed by atoms with Crippen LogP contribution in [-0.4, -0.2) is 28.3 Å². The van der Waals surface area contributed by atoms with E-state index in [0.29, 0.717) is 17.1 Å². The predicted molar refractivity (Wildman–Crippen MR) is 101 cm³/mol. The van der Waals surface area contributed by atoms with E-state index in [1.54, 1.807) is 19.2 Å². The number of methoxy groups -OCH3 is 1. The van der Waals surface area contributed by atoms with Gasteiger partial charge in [0.2, 0.25) is 5.82 Å². The third-order valence-electron chi connectivity index (χ3n) is 4.21. The Bertz CT molecular complexity index is 1150. The molecule has 140 valence electrons. The molecule has 0 unspecified atom stereocenters.